The summed E-state index contributed by atoms with van der Waals surface area (Å²) in [5.74, 6) is 1.43. The number of rotatable bonds is 5. The van der Waals surface area contributed by atoms with Crippen molar-refractivity contribution < 1.29 is 14.0 Å². The van der Waals surface area contributed by atoms with Crippen LogP contribution in [0.4, 0.5) is 5.69 Å². The smallest absolute Gasteiger partial charge is 0.228 e. The van der Waals surface area contributed by atoms with Crippen molar-refractivity contribution in [2.75, 3.05) is 18.4 Å². The van der Waals surface area contributed by atoms with Gasteiger partial charge in [-0.15, -0.1) is 0 Å². The summed E-state index contributed by atoms with van der Waals surface area (Å²) in [5.41, 5.74) is 1.61. The van der Waals surface area contributed by atoms with Gasteiger partial charge in [0.25, 0.3) is 0 Å². The Balaban J connectivity index is 1.42. The zero-order chi connectivity index (χ0) is 21.1. The highest BCUT2D eigenvalue weighted by molar-refractivity contribution is 5.96. The maximum Gasteiger partial charge on any atom is 0.228 e. The second kappa shape index (κ2) is 9.02. The lowest BCUT2D eigenvalue weighted by molar-refractivity contribution is -0.141. The minimum absolute atomic E-state index is 0.0433. The van der Waals surface area contributed by atoms with Gasteiger partial charge in [-0.1, -0.05) is 26.7 Å². The van der Waals surface area contributed by atoms with E-state index in [1.54, 1.807) is 6.20 Å². The van der Waals surface area contributed by atoms with Crippen LogP contribution in [0, 0.1) is 11.8 Å². The van der Waals surface area contributed by atoms with Crippen molar-refractivity contribution in [2.24, 2.45) is 11.8 Å². The van der Waals surface area contributed by atoms with Gasteiger partial charge in [-0.3, -0.25) is 9.59 Å². The fourth-order valence-corrected chi connectivity index (χ4v) is 4.53. The van der Waals surface area contributed by atoms with E-state index >= 15 is 0 Å². The van der Waals surface area contributed by atoms with Crippen LogP contribution in [0.3, 0.4) is 0 Å². The molecule has 2 fully saturated rings. The molecule has 1 aromatic heterocycles. The lowest BCUT2D eigenvalue weighted by atomic mass is 9.77. The van der Waals surface area contributed by atoms with Gasteiger partial charge in [0.05, 0.1) is 6.20 Å². The van der Waals surface area contributed by atoms with Crippen molar-refractivity contribution in [2.45, 2.75) is 58.3 Å². The van der Waals surface area contributed by atoms with E-state index in [9.17, 15) is 9.59 Å². The van der Waals surface area contributed by atoms with Crippen molar-refractivity contribution in [1.29, 1.82) is 0 Å². The van der Waals surface area contributed by atoms with Gasteiger partial charge in [0.1, 0.15) is 5.76 Å². The van der Waals surface area contributed by atoms with Crippen LogP contribution in [0.5, 0.6) is 0 Å². The molecule has 1 N–H and O–H groups in total. The van der Waals surface area contributed by atoms with E-state index in [1.165, 1.54) is 0 Å². The van der Waals surface area contributed by atoms with Crippen molar-refractivity contribution >= 4 is 17.5 Å². The fourth-order valence-electron chi connectivity index (χ4n) is 4.53. The first-order valence-electron chi connectivity index (χ1n) is 11.2. The standard InChI is InChI=1S/C24H31N3O3/c1-16(2)21-15-25-23(30-21)17-9-11-18(12-10-17)26-22(28)19-7-3-4-8-20(19)24(29)27-13-5-6-14-27/h9-12,15-16,19-20H,3-8,13-14H2,1-2H3,(H,26,28). The number of oxazole rings is 1. The highest BCUT2D eigenvalue weighted by atomic mass is 16.4. The molecule has 4 rings (SSSR count). The highest BCUT2D eigenvalue weighted by Crippen LogP contribution is 2.33. The van der Waals surface area contributed by atoms with Crippen molar-refractivity contribution in [1.82, 2.24) is 9.88 Å². The van der Waals surface area contributed by atoms with E-state index in [1.807, 2.05) is 29.2 Å². The Bertz CT molecular complexity index is 881. The molecule has 2 atom stereocenters. The topological polar surface area (TPSA) is 75.4 Å². The van der Waals surface area contributed by atoms with Crippen LogP contribution in [0.25, 0.3) is 11.5 Å². The summed E-state index contributed by atoms with van der Waals surface area (Å²) in [6.45, 7) is 5.81. The maximum atomic E-state index is 13.0. The number of hydrogen-bond acceptors (Lipinski definition) is 4. The molecule has 160 valence electrons. The molecule has 2 aliphatic rings. The summed E-state index contributed by atoms with van der Waals surface area (Å²) in [4.78, 5) is 32.3. The number of benzene rings is 1. The summed E-state index contributed by atoms with van der Waals surface area (Å²) >= 11 is 0. The molecule has 2 unspecified atom stereocenters. The molecule has 1 aromatic carbocycles. The summed E-state index contributed by atoms with van der Waals surface area (Å²) in [6, 6.07) is 7.54. The molecule has 2 amide bonds. The Morgan fingerprint density at radius 3 is 2.33 bits per heavy atom. The van der Waals surface area contributed by atoms with Crippen molar-refractivity contribution in [3.63, 3.8) is 0 Å². The van der Waals surface area contributed by atoms with E-state index in [4.69, 9.17) is 4.42 Å². The second-order valence-corrected chi connectivity index (χ2v) is 8.82. The number of nitrogens with zero attached hydrogens (tertiary/aromatic N) is 2. The zero-order valence-electron chi connectivity index (χ0n) is 17.9. The Hall–Kier alpha value is -2.63. The van der Waals surface area contributed by atoms with Crippen LogP contribution in [-0.4, -0.2) is 34.8 Å². The third-order valence-corrected chi connectivity index (χ3v) is 6.33. The van der Waals surface area contributed by atoms with Crippen LogP contribution in [0.15, 0.2) is 34.9 Å². The Kier molecular flexibility index (Phi) is 6.21. The molecule has 6 nitrogen and oxygen atoms in total. The number of anilines is 1. The number of amides is 2. The van der Waals surface area contributed by atoms with Crippen LogP contribution in [0.1, 0.15) is 64.1 Å². The predicted molar refractivity (Wildman–Crippen MR) is 116 cm³/mol. The van der Waals surface area contributed by atoms with Gasteiger partial charge in [0.15, 0.2) is 0 Å². The number of nitrogens with one attached hydrogen (secondary N) is 1. The minimum Gasteiger partial charge on any atom is -0.441 e. The average Bonchev–Trinajstić information content (AvgIpc) is 3.46. The van der Waals surface area contributed by atoms with E-state index in [2.05, 4.69) is 24.1 Å². The minimum atomic E-state index is -0.244. The Labute approximate surface area is 178 Å². The van der Waals surface area contributed by atoms with Crippen molar-refractivity contribution in [3.05, 3.63) is 36.2 Å². The summed E-state index contributed by atoms with van der Waals surface area (Å²) in [7, 11) is 0. The third kappa shape index (κ3) is 4.42. The largest absolute Gasteiger partial charge is 0.441 e. The first-order valence-corrected chi connectivity index (χ1v) is 11.2. The van der Waals surface area contributed by atoms with Gasteiger partial charge >= 0.3 is 0 Å². The molecule has 0 bridgehead atoms. The lowest BCUT2D eigenvalue weighted by Gasteiger charge is -2.32. The maximum absolute atomic E-state index is 13.0. The number of carbonyl (C=O) groups is 2. The molecule has 6 heteroatoms. The first kappa shape index (κ1) is 20.6. The summed E-state index contributed by atoms with van der Waals surface area (Å²) < 4.78 is 5.80. The molecule has 2 heterocycles. The van der Waals surface area contributed by atoms with Crippen molar-refractivity contribution in [3.8, 4) is 11.5 Å². The number of aromatic nitrogens is 1. The molecule has 30 heavy (non-hydrogen) atoms. The van der Waals surface area contributed by atoms with Gasteiger partial charge in [-0.05, 0) is 49.9 Å². The first-order chi connectivity index (χ1) is 14.5. The zero-order valence-corrected chi connectivity index (χ0v) is 17.9. The van der Waals surface area contributed by atoms with Gasteiger partial charge in [0.2, 0.25) is 17.7 Å². The molecular weight excluding hydrogens is 378 g/mol. The quantitative estimate of drug-likeness (QED) is 0.767. The van der Waals surface area contributed by atoms with Gasteiger partial charge in [0, 0.05) is 42.1 Å². The number of hydrogen-bond donors (Lipinski definition) is 1. The SMILES string of the molecule is CC(C)c1cnc(-c2ccc(NC(=O)C3CCCCC3C(=O)N3CCCC3)cc2)o1. The number of likely N-dealkylation sites (tertiary alicyclic amines) is 1. The van der Waals surface area contributed by atoms with Gasteiger partial charge in [-0.25, -0.2) is 4.98 Å². The van der Waals surface area contributed by atoms with Crippen LogP contribution < -0.4 is 5.32 Å². The molecule has 1 saturated carbocycles. The van der Waals surface area contributed by atoms with E-state index < -0.39 is 0 Å². The molecule has 0 spiro atoms. The molecular formula is C24H31N3O3. The van der Waals surface area contributed by atoms with Gasteiger partial charge in [-0.2, -0.15) is 0 Å². The molecule has 1 aliphatic carbocycles. The monoisotopic (exact) mass is 409 g/mol. The summed E-state index contributed by atoms with van der Waals surface area (Å²) in [6.07, 6.45) is 7.53. The van der Waals surface area contributed by atoms with E-state index in [0.717, 1.165) is 68.6 Å². The van der Waals surface area contributed by atoms with Crippen LogP contribution in [0.2, 0.25) is 0 Å². The number of carbonyl (C=O) groups excluding carboxylic acids is 2. The normalized spacial score (nSPS) is 21.8. The van der Waals surface area contributed by atoms with Crippen LogP contribution >= 0.6 is 0 Å². The third-order valence-electron chi connectivity index (χ3n) is 6.33. The van der Waals surface area contributed by atoms with E-state index in [-0.39, 0.29) is 29.6 Å². The predicted octanol–water partition coefficient (Wildman–Crippen LogP) is 4.83. The molecule has 1 aliphatic heterocycles. The van der Waals surface area contributed by atoms with Crippen LogP contribution in [-0.2, 0) is 9.59 Å². The molecule has 1 saturated heterocycles. The Morgan fingerprint density at radius 1 is 1.03 bits per heavy atom. The average molecular weight is 410 g/mol. The molecule has 2 aromatic rings. The highest BCUT2D eigenvalue weighted by Gasteiger charge is 2.38. The lowest BCUT2D eigenvalue weighted by Crippen LogP contribution is -2.42. The Morgan fingerprint density at radius 2 is 1.70 bits per heavy atom. The summed E-state index contributed by atoms with van der Waals surface area (Å²) in [5, 5.41) is 3.03. The molecule has 0 radical (unpaired) electrons. The second-order valence-electron chi connectivity index (χ2n) is 8.82. The van der Waals surface area contributed by atoms with E-state index in [0.29, 0.717) is 5.89 Å². The van der Waals surface area contributed by atoms with Gasteiger partial charge < -0.3 is 14.6 Å². The fraction of sp³-hybridized carbons (Fsp3) is 0.542.